The number of aromatic nitrogens is 2. The van der Waals surface area contributed by atoms with Crippen LogP contribution in [-0.4, -0.2) is 22.1 Å². The summed E-state index contributed by atoms with van der Waals surface area (Å²) in [6, 6.07) is 16.3. The van der Waals surface area contributed by atoms with Crippen LogP contribution in [-0.2, 0) is 17.9 Å². The predicted molar refractivity (Wildman–Crippen MR) is 124 cm³/mol. The van der Waals surface area contributed by atoms with Crippen LogP contribution in [0.25, 0.3) is 11.0 Å². The molecule has 0 spiro atoms. The highest BCUT2D eigenvalue weighted by molar-refractivity contribution is 5.79. The zero-order valence-corrected chi connectivity index (χ0v) is 18.5. The molecule has 0 atom stereocenters. The number of benzene rings is 2. The van der Waals surface area contributed by atoms with E-state index in [1.165, 1.54) is 24.8 Å². The maximum Gasteiger partial charge on any atom is 0.223 e. The normalized spacial score (nSPS) is 14.6. The van der Waals surface area contributed by atoms with Crippen molar-refractivity contribution in [2.75, 3.05) is 6.61 Å². The third-order valence-electron chi connectivity index (χ3n) is 6.26. The molecule has 0 bridgehead atoms. The van der Waals surface area contributed by atoms with Crippen LogP contribution >= 0.6 is 0 Å². The Labute approximate surface area is 184 Å². The van der Waals surface area contributed by atoms with Crippen molar-refractivity contribution in [3.63, 3.8) is 0 Å². The number of para-hydroxylation sites is 3. The first-order valence-corrected chi connectivity index (χ1v) is 11.6. The molecule has 5 heteroatoms. The fraction of sp³-hybridized carbons (Fsp3) is 0.462. The molecule has 4 rings (SSSR count). The lowest BCUT2D eigenvalue weighted by Gasteiger charge is -2.20. The lowest BCUT2D eigenvalue weighted by Crippen LogP contribution is -2.32. The minimum atomic E-state index is 0.171. The van der Waals surface area contributed by atoms with Crippen molar-refractivity contribution in [2.45, 2.75) is 65.0 Å². The zero-order valence-electron chi connectivity index (χ0n) is 18.5. The molecule has 1 aromatic heterocycles. The Bertz CT molecular complexity index is 1000. The van der Waals surface area contributed by atoms with Gasteiger partial charge in [-0.15, -0.1) is 0 Å². The number of imidazole rings is 1. The number of aryl methyl sites for hydroxylation is 2. The van der Waals surface area contributed by atoms with Gasteiger partial charge >= 0.3 is 0 Å². The lowest BCUT2D eigenvalue weighted by atomic mass is 9.89. The number of amides is 1. The Kier molecular flexibility index (Phi) is 7.23. The third-order valence-corrected chi connectivity index (χ3v) is 6.26. The number of rotatable bonds is 9. The molecular formula is C26H33N3O2. The van der Waals surface area contributed by atoms with Gasteiger partial charge in [0.2, 0.25) is 5.91 Å². The van der Waals surface area contributed by atoms with Gasteiger partial charge < -0.3 is 14.6 Å². The van der Waals surface area contributed by atoms with Gasteiger partial charge in [-0.25, -0.2) is 4.98 Å². The maximum absolute atomic E-state index is 12.6. The first-order chi connectivity index (χ1) is 15.2. The summed E-state index contributed by atoms with van der Waals surface area (Å²) in [5.41, 5.74) is 3.28. The number of nitrogens with zero attached hydrogens (tertiary/aromatic N) is 2. The van der Waals surface area contributed by atoms with Gasteiger partial charge in [0.15, 0.2) is 0 Å². The highest BCUT2D eigenvalue weighted by Crippen LogP contribution is 2.24. The van der Waals surface area contributed by atoms with E-state index in [0.29, 0.717) is 13.2 Å². The minimum absolute atomic E-state index is 0.171. The Morgan fingerprint density at radius 3 is 2.68 bits per heavy atom. The van der Waals surface area contributed by atoms with Crippen molar-refractivity contribution in [3.05, 3.63) is 59.9 Å². The van der Waals surface area contributed by atoms with E-state index in [-0.39, 0.29) is 11.8 Å². The van der Waals surface area contributed by atoms with E-state index in [1.807, 2.05) is 36.4 Å². The van der Waals surface area contributed by atoms with E-state index >= 15 is 0 Å². The van der Waals surface area contributed by atoms with Gasteiger partial charge in [-0.2, -0.15) is 0 Å². The summed E-state index contributed by atoms with van der Waals surface area (Å²) >= 11 is 0. The first-order valence-electron chi connectivity index (χ1n) is 11.6. The molecule has 1 aliphatic carbocycles. The van der Waals surface area contributed by atoms with Gasteiger partial charge in [-0.3, -0.25) is 4.79 Å². The van der Waals surface area contributed by atoms with Gasteiger partial charge in [-0.05, 0) is 56.4 Å². The molecule has 1 N–H and O–H groups in total. The quantitative estimate of drug-likeness (QED) is 0.473. The number of ether oxygens (including phenoxy) is 1. The van der Waals surface area contributed by atoms with Crippen LogP contribution in [0, 0.1) is 12.8 Å². The predicted octanol–water partition coefficient (Wildman–Crippen LogP) is 5.40. The molecule has 1 heterocycles. The van der Waals surface area contributed by atoms with E-state index in [4.69, 9.17) is 9.72 Å². The van der Waals surface area contributed by atoms with E-state index in [2.05, 4.69) is 28.9 Å². The molecule has 1 saturated carbocycles. The number of nitrogens with one attached hydrogen (secondary N) is 1. The van der Waals surface area contributed by atoms with Crippen LogP contribution in [0.3, 0.4) is 0 Å². The van der Waals surface area contributed by atoms with Crippen LogP contribution in [0.5, 0.6) is 5.75 Å². The van der Waals surface area contributed by atoms with Gasteiger partial charge in [0.1, 0.15) is 11.6 Å². The number of carbonyl (C=O) groups excluding carboxylic acids is 1. The molecular weight excluding hydrogens is 386 g/mol. The number of carbonyl (C=O) groups is 1. The monoisotopic (exact) mass is 419 g/mol. The molecule has 164 valence electrons. The second-order valence-electron chi connectivity index (χ2n) is 8.54. The standard InChI is InChI=1S/C26H33N3O2/c1-20-11-5-8-16-24(20)31-18-10-9-17-29-23-15-7-6-14-22(23)28-25(29)19-27-26(30)21-12-3-2-4-13-21/h5-8,11,14-16,21H,2-4,9-10,12-13,17-19H2,1H3,(H,27,30). The molecule has 2 aromatic carbocycles. The Hall–Kier alpha value is -2.82. The van der Waals surface area contributed by atoms with E-state index in [0.717, 1.165) is 54.8 Å². The molecule has 1 fully saturated rings. The van der Waals surface area contributed by atoms with Crippen LogP contribution in [0.1, 0.15) is 56.3 Å². The number of unbranched alkanes of at least 4 members (excludes halogenated alkanes) is 1. The first kappa shape index (κ1) is 21.4. The summed E-state index contributed by atoms with van der Waals surface area (Å²) in [4.78, 5) is 17.4. The molecule has 0 radical (unpaired) electrons. The van der Waals surface area contributed by atoms with Gasteiger partial charge in [0.05, 0.1) is 24.2 Å². The summed E-state index contributed by atoms with van der Waals surface area (Å²) in [5, 5.41) is 3.15. The van der Waals surface area contributed by atoms with E-state index < -0.39 is 0 Å². The Balaban J connectivity index is 1.34. The van der Waals surface area contributed by atoms with Gasteiger partial charge in [-0.1, -0.05) is 49.6 Å². The Morgan fingerprint density at radius 1 is 1.06 bits per heavy atom. The Morgan fingerprint density at radius 2 is 1.84 bits per heavy atom. The van der Waals surface area contributed by atoms with Crippen molar-refractivity contribution in [2.24, 2.45) is 5.92 Å². The number of fused-ring (bicyclic) bond motifs is 1. The van der Waals surface area contributed by atoms with Gasteiger partial charge in [0, 0.05) is 12.5 Å². The van der Waals surface area contributed by atoms with Crippen molar-refractivity contribution >= 4 is 16.9 Å². The second kappa shape index (κ2) is 10.5. The molecule has 5 nitrogen and oxygen atoms in total. The summed E-state index contributed by atoms with van der Waals surface area (Å²) in [5.74, 6) is 2.25. The number of hydrogen-bond acceptors (Lipinski definition) is 3. The largest absolute Gasteiger partial charge is 0.493 e. The molecule has 1 amide bonds. The van der Waals surface area contributed by atoms with Crippen molar-refractivity contribution < 1.29 is 9.53 Å². The van der Waals surface area contributed by atoms with Crippen LogP contribution in [0.15, 0.2) is 48.5 Å². The topological polar surface area (TPSA) is 56.1 Å². The molecule has 0 aliphatic heterocycles. The molecule has 0 unspecified atom stereocenters. The van der Waals surface area contributed by atoms with Crippen molar-refractivity contribution in [1.29, 1.82) is 0 Å². The zero-order chi connectivity index (χ0) is 21.5. The van der Waals surface area contributed by atoms with Crippen molar-refractivity contribution in [1.82, 2.24) is 14.9 Å². The summed E-state index contributed by atoms with van der Waals surface area (Å²) in [7, 11) is 0. The smallest absolute Gasteiger partial charge is 0.223 e. The molecule has 0 saturated heterocycles. The SMILES string of the molecule is Cc1ccccc1OCCCCn1c(CNC(=O)C2CCCCC2)nc2ccccc21. The molecule has 31 heavy (non-hydrogen) atoms. The summed E-state index contributed by atoms with van der Waals surface area (Å²) in [6.45, 7) is 4.13. The van der Waals surface area contributed by atoms with Crippen LogP contribution < -0.4 is 10.1 Å². The average molecular weight is 420 g/mol. The van der Waals surface area contributed by atoms with E-state index in [1.54, 1.807) is 0 Å². The molecule has 1 aliphatic rings. The highest BCUT2D eigenvalue weighted by Gasteiger charge is 2.21. The van der Waals surface area contributed by atoms with E-state index in [9.17, 15) is 4.79 Å². The van der Waals surface area contributed by atoms with Crippen molar-refractivity contribution in [3.8, 4) is 5.75 Å². The van der Waals surface area contributed by atoms with Gasteiger partial charge in [0.25, 0.3) is 0 Å². The van der Waals surface area contributed by atoms with Crippen LogP contribution in [0.4, 0.5) is 0 Å². The minimum Gasteiger partial charge on any atom is -0.493 e. The summed E-state index contributed by atoms with van der Waals surface area (Å²) < 4.78 is 8.19. The summed E-state index contributed by atoms with van der Waals surface area (Å²) in [6.07, 6.45) is 7.59. The maximum atomic E-state index is 12.6. The highest BCUT2D eigenvalue weighted by atomic mass is 16.5. The second-order valence-corrected chi connectivity index (χ2v) is 8.54. The molecule has 3 aromatic rings. The fourth-order valence-electron chi connectivity index (χ4n) is 4.46. The van der Waals surface area contributed by atoms with Crippen LogP contribution in [0.2, 0.25) is 0 Å². The average Bonchev–Trinajstić information content (AvgIpc) is 3.16. The third kappa shape index (κ3) is 5.46. The number of hydrogen-bond donors (Lipinski definition) is 1. The fourth-order valence-corrected chi connectivity index (χ4v) is 4.46. The lowest BCUT2D eigenvalue weighted by molar-refractivity contribution is -0.126.